The third kappa shape index (κ3) is 4.10. The summed E-state index contributed by atoms with van der Waals surface area (Å²) >= 11 is 5.98. The second kappa shape index (κ2) is 7.40. The second-order valence-corrected chi connectivity index (χ2v) is 5.51. The summed E-state index contributed by atoms with van der Waals surface area (Å²) in [6.07, 6.45) is -4.38. The van der Waals surface area contributed by atoms with Gasteiger partial charge in [-0.05, 0) is 18.6 Å². The quantitative estimate of drug-likeness (QED) is 0.776. The summed E-state index contributed by atoms with van der Waals surface area (Å²) in [5.41, 5.74) is -1.85. The van der Waals surface area contributed by atoms with Crippen molar-refractivity contribution in [3.8, 4) is 11.3 Å². The van der Waals surface area contributed by atoms with E-state index < -0.39 is 29.5 Å². The Balaban J connectivity index is 2.32. The first-order chi connectivity index (χ1) is 11.7. The van der Waals surface area contributed by atoms with Crippen LogP contribution in [0.15, 0.2) is 22.7 Å². The number of hydrogen-bond acceptors (Lipinski definition) is 4. The van der Waals surface area contributed by atoms with E-state index in [2.05, 4.69) is 10.5 Å². The van der Waals surface area contributed by atoms with E-state index in [1.165, 1.54) is 0 Å². The fourth-order valence-electron chi connectivity index (χ4n) is 2.02. The van der Waals surface area contributed by atoms with Gasteiger partial charge in [0.05, 0.1) is 18.2 Å². The predicted octanol–water partition coefficient (Wildman–Crippen LogP) is 3.65. The summed E-state index contributed by atoms with van der Waals surface area (Å²) in [5, 5.41) is 14.7. The predicted molar refractivity (Wildman–Crippen MR) is 80.5 cm³/mol. The molecule has 0 saturated carbocycles. The van der Waals surface area contributed by atoms with Crippen molar-refractivity contribution in [3.63, 3.8) is 0 Å². The summed E-state index contributed by atoms with van der Waals surface area (Å²) in [5.74, 6) is -2.47. The summed E-state index contributed by atoms with van der Waals surface area (Å²) < 4.78 is 56.3. The molecule has 0 aliphatic heterocycles. The molecule has 1 aromatic carbocycles. The first-order valence-electron chi connectivity index (χ1n) is 7.13. The van der Waals surface area contributed by atoms with Crippen molar-refractivity contribution >= 4 is 17.5 Å². The minimum Gasteiger partial charge on any atom is -0.394 e. The lowest BCUT2D eigenvalue weighted by atomic mass is 10.1. The van der Waals surface area contributed by atoms with Gasteiger partial charge in [-0.15, -0.1) is 0 Å². The van der Waals surface area contributed by atoms with Crippen molar-refractivity contribution in [2.24, 2.45) is 0 Å². The van der Waals surface area contributed by atoms with E-state index in [1.54, 1.807) is 6.92 Å². The van der Waals surface area contributed by atoms with Gasteiger partial charge < -0.3 is 14.9 Å². The number of hydrogen-bond donors (Lipinski definition) is 2. The lowest BCUT2D eigenvalue weighted by Gasteiger charge is -2.12. The van der Waals surface area contributed by atoms with E-state index in [4.69, 9.17) is 21.2 Å². The molecule has 10 heteroatoms. The third-order valence-corrected chi connectivity index (χ3v) is 3.79. The van der Waals surface area contributed by atoms with Crippen LogP contribution < -0.4 is 5.32 Å². The van der Waals surface area contributed by atoms with Gasteiger partial charge >= 0.3 is 6.18 Å². The van der Waals surface area contributed by atoms with Gasteiger partial charge in [-0.2, -0.15) is 13.2 Å². The number of rotatable bonds is 5. The molecule has 0 aliphatic rings. The van der Waals surface area contributed by atoms with E-state index in [1.807, 2.05) is 0 Å². The van der Waals surface area contributed by atoms with Crippen LogP contribution in [0.2, 0.25) is 5.02 Å². The summed E-state index contributed by atoms with van der Waals surface area (Å²) in [6.45, 7) is 1.44. The number of nitrogens with zero attached hydrogens (tertiary/aromatic N) is 1. The maximum atomic E-state index is 13.7. The monoisotopic (exact) mass is 380 g/mol. The maximum Gasteiger partial charge on any atom is 0.419 e. The average Bonchev–Trinajstić information content (AvgIpc) is 2.92. The van der Waals surface area contributed by atoms with Gasteiger partial charge in [-0.25, -0.2) is 4.39 Å². The van der Waals surface area contributed by atoms with Gasteiger partial charge in [-0.1, -0.05) is 29.7 Å². The van der Waals surface area contributed by atoms with Crippen LogP contribution in [0.25, 0.3) is 11.3 Å². The zero-order valence-electron chi connectivity index (χ0n) is 12.8. The minimum atomic E-state index is -4.83. The molecular formula is C15H13ClF4N2O3. The van der Waals surface area contributed by atoms with Crippen molar-refractivity contribution in [2.45, 2.75) is 25.6 Å². The minimum absolute atomic E-state index is 0.101. The molecule has 0 saturated heterocycles. The highest BCUT2D eigenvalue weighted by molar-refractivity contribution is 6.35. The number of carbonyl (C=O) groups is 1. The van der Waals surface area contributed by atoms with E-state index in [-0.39, 0.29) is 28.6 Å². The number of aliphatic hydroxyl groups excluding tert-OH is 1. The van der Waals surface area contributed by atoms with Crippen LogP contribution in [0.1, 0.15) is 29.4 Å². The van der Waals surface area contributed by atoms with Gasteiger partial charge in [0.1, 0.15) is 10.8 Å². The first kappa shape index (κ1) is 19.2. The molecule has 0 fully saturated rings. The Morgan fingerprint density at radius 1 is 1.44 bits per heavy atom. The number of carbonyl (C=O) groups excluding carboxylic acids is 1. The molecule has 0 radical (unpaired) electrons. The Morgan fingerprint density at radius 3 is 2.64 bits per heavy atom. The normalized spacial score (nSPS) is 12.9. The molecule has 1 atom stereocenters. The van der Waals surface area contributed by atoms with Gasteiger partial charge in [0, 0.05) is 5.56 Å². The van der Waals surface area contributed by atoms with Crippen molar-refractivity contribution in [1.82, 2.24) is 10.5 Å². The highest BCUT2D eigenvalue weighted by Gasteiger charge is 2.34. The Bertz CT molecular complexity index is 773. The van der Waals surface area contributed by atoms with Crippen molar-refractivity contribution in [3.05, 3.63) is 40.3 Å². The zero-order chi connectivity index (χ0) is 18.8. The van der Waals surface area contributed by atoms with Crippen molar-refractivity contribution < 1.29 is 32.0 Å². The number of nitrogens with one attached hydrogen (secondary N) is 1. The Morgan fingerprint density at radius 2 is 2.12 bits per heavy atom. The number of aromatic nitrogens is 1. The molecule has 5 nitrogen and oxygen atoms in total. The number of aliphatic hydroxyl groups is 1. The molecule has 0 bridgehead atoms. The van der Waals surface area contributed by atoms with Crippen LogP contribution in [0, 0.1) is 5.82 Å². The third-order valence-electron chi connectivity index (χ3n) is 3.44. The molecule has 1 heterocycles. The highest BCUT2D eigenvalue weighted by Crippen LogP contribution is 2.36. The molecule has 1 amide bonds. The molecule has 25 heavy (non-hydrogen) atoms. The van der Waals surface area contributed by atoms with Crippen LogP contribution in [0.5, 0.6) is 0 Å². The fourth-order valence-corrected chi connectivity index (χ4v) is 2.28. The van der Waals surface area contributed by atoms with E-state index in [0.717, 1.165) is 6.07 Å². The molecule has 0 spiro atoms. The second-order valence-electron chi connectivity index (χ2n) is 5.13. The number of halogens is 5. The van der Waals surface area contributed by atoms with E-state index in [0.29, 0.717) is 18.6 Å². The summed E-state index contributed by atoms with van der Waals surface area (Å²) in [4.78, 5) is 12.0. The van der Waals surface area contributed by atoms with E-state index in [9.17, 15) is 22.4 Å². The molecule has 2 N–H and O–H groups in total. The van der Waals surface area contributed by atoms with E-state index >= 15 is 0 Å². The van der Waals surface area contributed by atoms with Crippen LogP contribution >= 0.6 is 11.6 Å². The van der Waals surface area contributed by atoms with Gasteiger partial charge in [0.2, 0.25) is 0 Å². The van der Waals surface area contributed by atoms with Gasteiger partial charge in [0.25, 0.3) is 5.91 Å². The molecule has 1 unspecified atom stereocenters. The Hall–Kier alpha value is -2.13. The molecule has 1 aromatic heterocycles. The number of alkyl halides is 3. The zero-order valence-corrected chi connectivity index (χ0v) is 13.6. The maximum absolute atomic E-state index is 13.7. The smallest absolute Gasteiger partial charge is 0.394 e. The standard InChI is InChI=1S/C15H13ClF4N2O3/c1-2-8(6-23)21-14(24)12-11(16)13(25-22-12)7-3-4-9(10(17)5-7)15(18,19)20/h3-5,8,23H,2,6H2,1H3,(H,21,24). The number of benzene rings is 1. The Labute approximate surface area is 144 Å². The van der Waals surface area contributed by atoms with Crippen LogP contribution in [0.3, 0.4) is 0 Å². The fraction of sp³-hybridized carbons (Fsp3) is 0.333. The lowest BCUT2D eigenvalue weighted by molar-refractivity contribution is -0.139. The largest absolute Gasteiger partial charge is 0.419 e. The molecule has 0 aliphatic carbocycles. The Kier molecular flexibility index (Phi) is 5.69. The summed E-state index contributed by atoms with van der Waals surface area (Å²) in [7, 11) is 0. The van der Waals surface area contributed by atoms with Crippen LogP contribution in [0.4, 0.5) is 17.6 Å². The van der Waals surface area contributed by atoms with Crippen LogP contribution in [-0.2, 0) is 6.18 Å². The molecule has 2 rings (SSSR count). The topological polar surface area (TPSA) is 75.4 Å². The van der Waals surface area contributed by atoms with Crippen molar-refractivity contribution in [2.75, 3.05) is 6.61 Å². The summed E-state index contributed by atoms with van der Waals surface area (Å²) in [6, 6.07) is 1.58. The van der Waals surface area contributed by atoms with Gasteiger partial charge in [-0.3, -0.25) is 4.79 Å². The van der Waals surface area contributed by atoms with Crippen LogP contribution in [-0.4, -0.2) is 28.8 Å². The molecule has 2 aromatic rings. The SMILES string of the molecule is CCC(CO)NC(=O)c1noc(-c2ccc(C(F)(F)F)c(F)c2)c1Cl. The number of amides is 1. The lowest BCUT2D eigenvalue weighted by Crippen LogP contribution is -2.37. The first-order valence-corrected chi connectivity index (χ1v) is 7.50. The highest BCUT2D eigenvalue weighted by atomic mass is 35.5. The average molecular weight is 381 g/mol. The van der Waals surface area contributed by atoms with Crippen molar-refractivity contribution in [1.29, 1.82) is 0 Å². The molecule has 136 valence electrons. The molecular weight excluding hydrogens is 368 g/mol. The van der Waals surface area contributed by atoms with Gasteiger partial charge in [0.15, 0.2) is 11.5 Å².